The Balaban J connectivity index is 1.57. The Morgan fingerprint density at radius 3 is 2.16 bits per heavy atom. The Hall–Kier alpha value is -2.37. The molecule has 1 unspecified atom stereocenters. The maximum atomic E-state index is 12.4. The van der Waals surface area contributed by atoms with E-state index in [4.69, 9.17) is 0 Å². The van der Waals surface area contributed by atoms with Crippen molar-refractivity contribution in [3.05, 3.63) is 29.8 Å². The maximum absolute atomic E-state index is 12.4. The number of aliphatic carboxylic acids is 1. The average Bonchev–Trinajstić information content (AvgIpc) is 3.42. The molecule has 1 aromatic carbocycles. The number of anilines is 1. The van der Waals surface area contributed by atoms with E-state index in [9.17, 15) is 19.5 Å². The van der Waals surface area contributed by atoms with Gasteiger partial charge in [0.1, 0.15) is 0 Å². The van der Waals surface area contributed by atoms with E-state index in [1.54, 1.807) is 13.8 Å². The summed E-state index contributed by atoms with van der Waals surface area (Å²) in [6, 6.07) is 7.13. The minimum atomic E-state index is -0.923. The summed E-state index contributed by atoms with van der Waals surface area (Å²) in [5.74, 6) is -2.06. The lowest BCUT2D eigenvalue weighted by molar-refractivity contribution is -0.140. The van der Waals surface area contributed by atoms with Crippen LogP contribution >= 0.6 is 0 Å². The van der Waals surface area contributed by atoms with Gasteiger partial charge in [0.05, 0.1) is 17.9 Å². The van der Waals surface area contributed by atoms with Crippen molar-refractivity contribution in [3.8, 4) is 0 Å². The summed E-state index contributed by atoms with van der Waals surface area (Å²) in [6.07, 6.45) is 1.92. The molecule has 2 amide bonds. The molecule has 2 aliphatic carbocycles. The summed E-state index contributed by atoms with van der Waals surface area (Å²) < 4.78 is 0. The third-order valence-electron chi connectivity index (χ3n) is 5.36. The van der Waals surface area contributed by atoms with Crippen molar-refractivity contribution in [1.82, 2.24) is 5.32 Å². The second kappa shape index (κ2) is 6.17. The van der Waals surface area contributed by atoms with Gasteiger partial charge in [0, 0.05) is 11.6 Å². The maximum Gasteiger partial charge on any atom is 0.307 e. The first-order chi connectivity index (χ1) is 11.7. The molecular formula is C19H24N2O4. The molecule has 0 heterocycles. The largest absolute Gasteiger partial charge is 0.481 e. The van der Waals surface area contributed by atoms with Crippen LogP contribution in [0.15, 0.2) is 24.3 Å². The molecule has 6 heteroatoms. The molecule has 2 fully saturated rings. The van der Waals surface area contributed by atoms with Crippen LogP contribution in [-0.2, 0) is 14.4 Å². The zero-order valence-electron chi connectivity index (χ0n) is 14.7. The smallest absolute Gasteiger partial charge is 0.307 e. The Labute approximate surface area is 147 Å². The van der Waals surface area contributed by atoms with Gasteiger partial charge in [-0.1, -0.05) is 26.0 Å². The van der Waals surface area contributed by atoms with E-state index in [1.807, 2.05) is 31.2 Å². The minimum absolute atomic E-state index is 0.0600. The molecule has 2 aliphatic rings. The third kappa shape index (κ3) is 3.52. The number of nitrogens with one attached hydrogen (secondary N) is 2. The first-order valence-electron chi connectivity index (χ1n) is 8.66. The molecule has 6 nitrogen and oxygen atoms in total. The second-order valence-electron chi connectivity index (χ2n) is 7.73. The molecule has 0 spiro atoms. The number of hydrogen-bond acceptors (Lipinski definition) is 3. The van der Waals surface area contributed by atoms with Crippen molar-refractivity contribution in [1.29, 1.82) is 0 Å². The van der Waals surface area contributed by atoms with Crippen LogP contribution in [0.1, 0.15) is 45.2 Å². The highest BCUT2D eigenvalue weighted by Gasteiger charge is 2.65. The van der Waals surface area contributed by atoms with Crippen molar-refractivity contribution in [2.24, 2.45) is 23.2 Å². The molecule has 0 saturated heterocycles. The molecule has 2 saturated carbocycles. The van der Waals surface area contributed by atoms with Crippen molar-refractivity contribution in [2.75, 3.05) is 5.32 Å². The van der Waals surface area contributed by atoms with Crippen LogP contribution in [0.25, 0.3) is 0 Å². The van der Waals surface area contributed by atoms with Gasteiger partial charge in [-0.05, 0) is 42.9 Å². The van der Waals surface area contributed by atoms with Crippen molar-refractivity contribution in [2.45, 2.75) is 39.7 Å². The normalized spacial score (nSPS) is 24.9. The van der Waals surface area contributed by atoms with Crippen LogP contribution in [0.5, 0.6) is 0 Å². The van der Waals surface area contributed by atoms with Crippen LogP contribution < -0.4 is 10.6 Å². The van der Waals surface area contributed by atoms with E-state index in [0.717, 1.165) is 24.1 Å². The predicted molar refractivity (Wildman–Crippen MR) is 92.8 cm³/mol. The van der Waals surface area contributed by atoms with Gasteiger partial charge in [-0.3, -0.25) is 14.4 Å². The summed E-state index contributed by atoms with van der Waals surface area (Å²) in [4.78, 5) is 35.3. The molecule has 0 bridgehead atoms. The van der Waals surface area contributed by atoms with E-state index in [0.29, 0.717) is 0 Å². The number of amides is 2. The SMILES string of the molecule is CC(NC(=O)[C@@H]1[C@H](C(=O)O)C1(C)C)c1ccc(NC(=O)C2CC2)cc1. The highest BCUT2D eigenvalue weighted by molar-refractivity contribution is 5.94. The summed E-state index contributed by atoms with van der Waals surface area (Å²) in [5.41, 5.74) is 1.14. The van der Waals surface area contributed by atoms with Gasteiger partial charge in [-0.15, -0.1) is 0 Å². The molecule has 1 aromatic rings. The third-order valence-corrected chi connectivity index (χ3v) is 5.36. The van der Waals surface area contributed by atoms with Crippen LogP contribution in [0.2, 0.25) is 0 Å². The Morgan fingerprint density at radius 1 is 1.08 bits per heavy atom. The van der Waals surface area contributed by atoms with E-state index in [2.05, 4.69) is 10.6 Å². The standard InChI is InChI=1S/C19H24N2O4/c1-10(20-17(23)14-15(18(24)25)19(14,2)3)11-6-8-13(9-7-11)21-16(22)12-4-5-12/h6-10,12,14-15H,4-5H2,1-3H3,(H,20,23)(H,21,22)(H,24,25)/t10?,14-,15+/m0/s1. The van der Waals surface area contributed by atoms with Gasteiger partial charge in [-0.2, -0.15) is 0 Å². The summed E-state index contributed by atoms with van der Waals surface area (Å²) in [7, 11) is 0. The summed E-state index contributed by atoms with van der Waals surface area (Å²) >= 11 is 0. The minimum Gasteiger partial charge on any atom is -0.481 e. The monoisotopic (exact) mass is 344 g/mol. The fourth-order valence-corrected chi connectivity index (χ4v) is 3.42. The van der Waals surface area contributed by atoms with E-state index in [1.165, 1.54) is 0 Å². The lowest BCUT2D eigenvalue weighted by atomic mass is 10.1. The van der Waals surface area contributed by atoms with Crippen LogP contribution in [0, 0.1) is 23.2 Å². The predicted octanol–water partition coefficient (Wildman–Crippen LogP) is 2.57. The quantitative estimate of drug-likeness (QED) is 0.739. The Bertz CT molecular complexity index is 707. The molecule has 0 aliphatic heterocycles. The van der Waals surface area contributed by atoms with Crippen molar-refractivity contribution < 1.29 is 19.5 Å². The topological polar surface area (TPSA) is 95.5 Å². The highest BCUT2D eigenvalue weighted by Crippen LogP contribution is 2.58. The Kier molecular flexibility index (Phi) is 4.31. The van der Waals surface area contributed by atoms with Gasteiger partial charge in [0.15, 0.2) is 0 Å². The lowest BCUT2D eigenvalue weighted by Crippen LogP contribution is -2.30. The first-order valence-corrected chi connectivity index (χ1v) is 8.66. The number of carboxylic acids is 1. The number of carboxylic acid groups (broad SMARTS) is 1. The van der Waals surface area contributed by atoms with E-state index >= 15 is 0 Å². The molecule has 3 N–H and O–H groups in total. The second-order valence-corrected chi connectivity index (χ2v) is 7.73. The highest BCUT2D eigenvalue weighted by atomic mass is 16.4. The number of carbonyl (C=O) groups is 3. The molecule has 3 rings (SSSR count). The lowest BCUT2D eigenvalue weighted by Gasteiger charge is -2.15. The van der Waals surface area contributed by atoms with Crippen molar-refractivity contribution >= 4 is 23.5 Å². The van der Waals surface area contributed by atoms with Gasteiger partial charge < -0.3 is 15.7 Å². The zero-order chi connectivity index (χ0) is 18.4. The van der Waals surface area contributed by atoms with Gasteiger partial charge in [0.25, 0.3) is 0 Å². The molecule has 0 aromatic heterocycles. The fraction of sp³-hybridized carbons (Fsp3) is 0.526. The van der Waals surface area contributed by atoms with Gasteiger partial charge >= 0.3 is 5.97 Å². The van der Waals surface area contributed by atoms with Crippen LogP contribution in [0.3, 0.4) is 0 Å². The molecule has 134 valence electrons. The van der Waals surface area contributed by atoms with Crippen LogP contribution in [0.4, 0.5) is 5.69 Å². The fourth-order valence-electron chi connectivity index (χ4n) is 3.42. The molecule has 25 heavy (non-hydrogen) atoms. The van der Waals surface area contributed by atoms with Gasteiger partial charge in [0.2, 0.25) is 11.8 Å². The number of rotatable bonds is 6. The number of hydrogen-bond donors (Lipinski definition) is 3. The number of benzene rings is 1. The zero-order valence-corrected chi connectivity index (χ0v) is 14.7. The van der Waals surface area contributed by atoms with Crippen molar-refractivity contribution in [3.63, 3.8) is 0 Å². The van der Waals surface area contributed by atoms with E-state index in [-0.39, 0.29) is 23.8 Å². The van der Waals surface area contributed by atoms with E-state index < -0.39 is 23.2 Å². The first kappa shape index (κ1) is 17.5. The number of carbonyl (C=O) groups excluding carboxylic acids is 2. The summed E-state index contributed by atoms with van der Waals surface area (Å²) in [5, 5.41) is 15.0. The molecular weight excluding hydrogens is 320 g/mol. The molecule has 0 radical (unpaired) electrons. The summed E-state index contributed by atoms with van der Waals surface area (Å²) in [6.45, 7) is 5.47. The molecule has 3 atom stereocenters. The van der Waals surface area contributed by atoms with Gasteiger partial charge in [-0.25, -0.2) is 0 Å². The Morgan fingerprint density at radius 2 is 1.68 bits per heavy atom. The average molecular weight is 344 g/mol. The van der Waals surface area contributed by atoms with Crippen LogP contribution in [-0.4, -0.2) is 22.9 Å².